The zero-order valence-electron chi connectivity index (χ0n) is 8.41. The molecule has 0 saturated carbocycles. The van der Waals surface area contributed by atoms with E-state index in [1.165, 1.54) is 0 Å². The van der Waals surface area contributed by atoms with Crippen LogP contribution in [0.25, 0.3) is 0 Å². The van der Waals surface area contributed by atoms with Gasteiger partial charge >= 0.3 is 6.03 Å². The third-order valence-corrected chi connectivity index (χ3v) is 2.58. The van der Waals surface area contributed by atoms with E-state index in [0.29, 0.717) is 19.0 Å². The first kappa shape index (κ1) is 11.3. The van der Waals surface area contributed by atoms with Crippen molar-refractivity contribution in [3.05, 3.63) is 0 Å². The summed E-state index contributed by atoms with van der Waals surface area (Å²) in [5, 5.41) is 11.7. The number of likely N-dealkylation sites (tertiary alicyclic amines) is 1. The van der Waals surface area contributed by atoms with E-state index < -0.39 is 0 Å². The highest BCUT2D eigenvalue weighted by Gasteiger charge is 2.21. The lowest BCUT2D eigenvalue weighted by atomic mass is 9.98. The second-order valence-electron chi connectivity index (χ2n) is 3.63. The summed E-state index contributed by atoms with van der Waals surface area (Å²) >= 11 is 0. The van der Waals surface area contributed by atoms with Crippen molar-refractivity contribution < 1.29 is 9.90 Å². The minimum Gasteiger partial charge on any atom is -0.396 e. The molecule has 0 bridgehead atoms. The van der Waals surface area contributed by atoms with Crippen molar-refractivity contribution in [1.29, 1.82) is 0 Å². The molecular formula is C9H19N3O2. The summed E-state index contributed by atoms with van der Waals surface area (Å²) in [5.41, 5.74) is 5.28. The third-order valence-electron chi connectivity index (χ3n) is 2.58. The van der Waals surface area contributed by atoms with Crippen LogP contribution in [0.4, 0.5) is 4.79 Å². The monoisotopic (exact) mass is 201 g/mol. The van der Waals surface area contributed by atoms with Crippen molar-refractivity contribution in [3.63, 3.8) is 0 Å². The normalized spacial score (nSPS) is 18.3. The Morgan fingerprint density at radius 3 is 2.64 bits per heavy atom. The van der Waals surface area contributed by atoms with E-state index in [2.05, 4.69) is 5.32 Å². The number of aliphatic hydroxyl groups is 1. The highest BCUT2D eigenvalue weighted by molar-refractivity contribution is 5.74. The Morgan fingerprint density at radius 1 is 1.50 bits per heavy atom. The van der Waals surface area contributed by atoms with E-state index in [0.717, 1.165) is 25.9 Å². The van der Waals surface area contributed by atoms with Crippen molar-refractivity contribution >= 4 is 6.03 Å². The second kappa shape index (κ2) is 5.82. The van der Waals surface area contributed by atoms with E-state index in [4.69, 9.17) is 10.8 Å². The molecule has 1 aliphatic rings. The van der Waals surface area contributed by atoms with Gasteiger partial charge in [-0.15, -0.1) is 0 Å². The first-order valence-corrected chi connectivity index (χ1v) is 5.11. The minimum absolute atomic E-state index is 0.0353. The molecule has 0 aromatic rings. The Morgan fingerprint density at radius 2 is 2.14 bits per heavy atom. The van der Waals surface area contributed by atoms with Gasteiger partial charge < -0.3 is 21.1 Å². The van der Waals surface area contributed by atoms with Crippen molar-refractivity contribution in [3.8, 4) is 0 Å². The van der Waals surface area contributed by atoms with Crippen molar-refractivity contribution in [2.45, 2.75) is 12.8 Å². The largest absolute Gasteiger partial charge is 0.396 e. The highest BCUT2D eigenvalue weighted by atomic mass is 16.3. The molecule has 0 unspecified atom stereocenters. The maximum Gasteiger partial charge on any atom is 0.317 e. The van der Waals surface area contributed by atoms with Gasteiger partial charge in [0.1, 0.15) is 0 Å². The Bertz CT molecular complexity index is 179. The Balaban J connectivity index is 2.23. The summed E-state index contributed by atoms with van der Waals surface area (Å²) in [4.78, 5) is 13.2. The van der Waals surface area contributed by atoms with E-state index in [9.17, 15) is 4.79 Å². The first-order chi connectivity index (χ1) is 6.77. The number of carbonyl (C=O) groups excluding carboxylic acids is 1. The van der Waals surface area contributed by atoms with Crippen LogP contribution in [-0.2, 0) is 0 Å². The topological polar surface area (TPSA) is 78.6 Å². The molecule has 14 heavy (non-hydrogen) atoms. The Labute approximate surface area is 84.3 Å². The van der Waals surface area contributed by atoms with Crippen LogP contribution in [0.3, 0.4) is 0 Å². The zero-order chi connectivity index (χ0) is 10.4. The fourth-order valence-electron chi connectivity index (χ4n) is 1.61. The first-order valence-electron chi connectivity index (χ1n) is 5.11. The van der Waals surface area contributed by atoms with Gasteiger partial charge in [0.25, 0.3) is 0 Å². The maximum atomic E-state index is 11.4. The number of nitrogens with zero attached hydrogens (tertiary/aromatic N) is 1. The lowest BCUT2D eigenvalue weighted by Crippen LogP contribution is -2.46. The number of nitrogens with one attached hydrogen (secondary N) is 1. The van der Waals surface area contributed by atoms with Crippen LogP contribution < -0.4 is 11.1 Å². The molecule has 1 aliphatic heterocycles. The van der Waals surface area contributed by atoms with E-state index in [1.807, 2.05) is 0 Å². The molecule has 4 N–H and O–H groups in total. The second-order valence-corrected chi connectivity index (χ2v) is 3.63. The minimum atomic E-state index is -0.0353. The molecule has 5 nitrogen and oxygen atoms in total. The standard InChI is InChI=1S/C9H19N3O2/c10-3-4-11-9(14)12-5-1-8(7-13)2-6-12/h8,13H,1-7,10H2,(H,11,14). The number of amides is 2. The Hall–Kier alpha value is -0.810. The zero-order valence-corrected chi connectivity index (χ0v) is 8.41. The van der Waals surface area contributed by atoms with Gasteiger partial charge in [-0.25, -0.2) is 4.79 Å². The number of hydrogen-bond donors (Lipinski definition) is 3. The number of rotatable bonds is 3. The van der Waals surface area contributed by atoms with Gasteiger partial charge in [-0.2, -0.15) is 0 Å². The third kappa shape index (κ3) is 3.16. The summed E-state index contributed by atoms with van der Waals surface area (Å²) in [6.45, 7) is 2.71. The number of hydrogen-bond acceptors (Lipinski definition) is 3. The molecule has 82 valence electrons. The molecule has 5 heteroatoms. The predicted octanol–water partition coefficient (Wildman–Crippen LogP) is -0.641. The summed E-state index contributed by atoms with van der Waals surface area (Å²) in [6, 6.07) is -0.0353. The van der Waals surface area contributed by atoms with E-state index in [1.54, 1.807) is 4.90 Å². The molecule has 0 aliphatic carbocycles. The number of urea groups is 1. The fraction of sp³-hybridized carbons (Fsp3) is 0.889. The van der Waals surface area contributed by atoms with Crippen LogP contribution in [0.2, 0.25) is 0 Å². The molecule has 0 aromatic heterocycles. The number of nitrogens with two attached hydrogens (primary N) is 1. The number of carbonyl (C=O) groups is 1. The average Bonchev–Trinajstić information content (AvgIpc) is 2.26. The quantitative estimate of drug-likeness (QED) is 0.568. The van der Waals surface area contributed by atoms with Crippen LogP contribution in [0.5, 0.6) is 0 Å². The van der Waals surface area contributed by atoms with Gasteiger partial charge in [-0.3, -0.25) is 0 Å². The van der Waals surface area contributed by atoms with Crippen LogP contribution in [0.15, 0.2) is 0 Å². The van der Waals surface area contributed by atoms with Gasteiger partial charge in [-0.05, 0) is 18.8 Å². The molecule has 1 fully saturated rings. The van der Waals surface area contributed by atoms with Gasteiger partial charge in [0.05, 0.1) is 0 Å². The highest BCUT2D eigenvalue weighted by Crippen LogP contribution is 2.15. The summed E-state index contributed by atoms with van der Waals surface area (Å²) in [6.07, 6.45) is 1.79. The summed E-state index contributed by atoms with van der Waals surface area (Å²) in [7, 11) is 0. The predicted molar refractivity (Wildman–Crippen MR) is 53.8 cm³/mol. The molecule has 1 heterocycles. The maximum absolute atomic E-state index is 11.4. The Kier molecular flexibility index (Phi) is 4.69. The molecular weight excluding hydrogens is 182 g/mol. The van der Waals surface area contributed by atoms with E-state index in [-0.39, 0.29) is 12.6 Å². The molecule has 0 radical (unpaired) electrons. The smallest absolute Gasteiger partial charge is 0.317 e. The van der Waals surface area contributed by atoms with Gasteiger partial charge in [-0.1, -0.05) is 0 Å². The molecule has 0 spiro atoms. The average molecular weight is 201 g/mol. The number of piperidine rings is 1. The van der Waals surface area contributed by atoms with Gasteiger partial charge in [0, 0.05) is 32.8 Å². The molecule has 2 amide bonds. The van der Waals surface area contributed by atoms with Gasteiger partial charge in [0.15, 0.2) is 0 Å². The van der Waals surface area contributed by atoms with Crippen molar-refractivity contribution in [2.24, 2.45) is 11.7 Å². The van der Waals surface area contributed by atoms with Gasteiger partial charge in [0.2, 0.25) is 0 Å². The molecule has 1 rings (SSSR count). The lowest BCUT2D eigenvalue weighted by Gasteiger charge is -2.31. The molecule has 0 atom stereocenters. The fourth-order valence-corrected chi connectivity index (χ4v) is 1.61. The van der Waals surface area contributed by atoms with Crippen molar-refractivity contribution in [2.75, 3.05) is 32.8 Å². The van der Waals surface area contributed by atoms with Crippen LogP contribution in [-0.4, -0.2) is 48.8 Å². The van der Waals surface area contributed by atoms with Crippen molar-refractivity contribution in [1.82, 2.24) is 10.2 Å². The SMILES string of the molecule is NCCNC(=O)N1CCC(CO)CC1. The summed E-state index contributed by atoms with van der Waals surface area (Å²) in [5.74, 6) is 0.369. The van der Waals surface area contributed by atoms with Crippen LogP contribution in [0, 0.1) is 5.92 Å². The lowest BCUT2D eigenvalue weighted by molar-refractivity contribution is 0.137. The number of aliphatic hydroxyl groups excluding tert-OH is 1. The van der Waals surface area contributed by atoms with E-state index >= 15 is 0 Å². The molecule has 0 aromatic carbocycles. The summed E-state index contributed by atoms with van der Waals surface area (Å²) < 4.78 is 0. The van der Waals surface area contributed by atoms with Crippen LogP contribution in [0.1, 0.15) is 12.8 Å². The molecule has 1 saturated heterocycles. The van der Waals surface area contributed by atoms with Crippen LogP contribution >= 0.6 is 0 Å².